The van der Waals surface area contributed by atoms with Gasteiger partial charge in [0.15, 0.2) is 5.78 Å². The Morgan fingerprint density at radius 3 is 2.61 bits per heavy atom. The van der Waals surface area contributed by atoms with E-state index in [1.807, 2.05) is 4.90 Å². The number of carbonyl (C=O) groups is 1. The molecule has 0 amide bonds. The number of anilines is 1. The number of ketones is 1. The smallest absolute Gasteiger partial charge is 0.374 e. The van der Waals surface area contributed by atoms with Crippen LogP contribution in [0.25, 0.3) is 10.2 Å². The zero-order chi connectivity index (χ0) is 23.8. The van der Waals surface area contributed by atoms with Gasteiger partial charge < -0.3 is 9.64 Å². The van der Waals surface area contributed by atoms with Crippen molar-refractivity contribution in [3.05, 3.63) is 22.6 Å². The van der Waals surface area contributed by atoms with Crippen molar-refractivity contribution in [3.63, 3.8) is 0 Å². The number of halogens is 3. The summed E-state index contributed by atoms with van der Waals surface area (Å²) in [4.78, 5) is 23.4. The summed E-state index contributed by atoms with van der Waals surface area (Å²) in [6.07, 6.45) is -4.13. The molecule has 2 aliphatic rings. The van der Waals surface area contributed by atoms with Crippen molar-refractivity contribution in [1.29, 1.82) is 0 Å². The number of hydrogen-bond acceptors (Lipinski definition) is 7. The number of piperazine rings is 1. The number of thiophene rings is 1. The first-order chi connectivity index (χ1) is 15.7. The highest BCUT2D eigenvalue weighted by atomic mass is 32.1. The first-order valence-corrected chi connectivity index (χ1v) is 12.4. The van der Waals surface area contributed by atoms with Gasteiger partial charge in [-0.05, 0) is 19.9 Å². The summed E-state index contributed by atoms with van der Waals surface area (Å²) in [5.41, 5.74) is -0.259. The maximum absolute atomic E-state index is 13.8. The van der Waals surface area contributed by atoms with E-state index in [0.29, 0.717) is 19.1 Å². The maximum Gasteiger partial charge on any atom is 0.417 e. The van der Waals surface area contributed by atoms with Gasteiger partial charge in [-0.15, -0.1) is 11.3 Å². The van der Waals surface area contributed by atoms with Gasteiger partial charge in [0.1, 0.15) is 5.82 Å². The molecule has 4 rings (SSSR count). The van der Waals surface area contributed by atoms with Crippen LogP contribution >= 0.6 is 11.3 Å². The number of nitrogens with zero attached hydrogens (tertiary/aromatic N) is 4. The summed E-state index contributed by atoms with van der Waals surface area (Å²) in [5.74, 6) is 0.102. The predicted octanol–water partition coefficient (Wildman–Crippen LogP) is 4.14. The third-order valence-electron chi connectivity index (χ3n) is 6.49. The minimum atomic E-state index is -4.50. The molecule has 0 N–H and O–H groups in total. The zero-order valence-corrected chi connectivity index (χ0v) is 20.1. The van der Waals surface area contributed by atoms with E-state index in [4.69, 9.17) is 4.74 Å². The van der Waals surface area contributed by atoms with Crippen LogP contribution in [0.4, 0.5) is 19.0 Å². The lowest BCUT2D eigenvalue weighted by atomic mass is 10.1. The minimum Gasteiger partial charge on any atom is -0.374 e. The summed E-state index contributed by atoms with van der Waals surface area (Å²) in [7, 11) is 0. The summed E-state index contributed by atoms with van der Waals surface area (Å²) < 4.78 is 47.4. The van der Waals surface area contributed by atoms with Crippen LogP contribution < -0.4 is 4.90 Å². The first-order valence-electron chi connectivity index (χ1n) is 11.5. The molecule has 33 heavy (non-hydrogen) atoms. The lowest BCUT2D eigenvalue weighted by molar-refractivity contribution is -0.136. The Balaban J connectivity index is 1.49. The zero-order valence-electron chi connectivity index (χ0n) is 19.3. The van der Waals surface area contributed by atoms with E-state index >= 15 is 0 Å². The molecule has 0 radical (unpaired) electrons. The van der Waals surface area contributed by atoms with Crippen molar-refractivity contribution in [2.24, 2.45) is 0 Å². The number of Topliss-reactive ketones (excluding diaryl/α,β-unsaturated/α-hetero) is 1. The Hall–Kier alpha value is -1.75. The molecule has 0 bridgehead atoms. The average molecular weight is 485 g/mol. The van der Waals surface area contributed by atoms with Gasteiger partial charge in [0, 0.05) is 63.7 Å². The van der Waals surface area contributed by atoms with Crippen molar-refractivity contribution < 1.29 is 22.7 Å². The number of ether oxygens (including phenoxy) is 1. The Kier molecular flexibility index (Phi) is 7.28. The molecule has 0 aliphatic carbocycles. The molecule has 2 aromatic rings. The lowest BCUT2D eigenvalue weighted by Gasteiger charge is -2.40. The quantitative estimate of drug-likeness (QED) is 0.575. The minimum absolute atomic E-state index is 0.0332. The van der Waals surface area contributed by atoms with Crippen LogP contribution in [0.15, 0.2) is 11.4 Å². The normalized spacial score (nSPS) is 21.3. The van der Waals surface area contributed by atoms with E-state index in [1.54, 1.807) is 6.92 Å². The Morgan fingerprint density at radius 2 is 1.97 bits per heavy atom. The van der Waals surface area contributed by atoms with Crippen molar-refractivity contribution >= 4 is 33.2 Å². The molecule has 0 spiro atoms. The van der Waals surface area contributed by atoms with Gasteiger partial charge in [0.05, 0.1) is 34.1 Å². The van der Waals surface area contributed by atoms with Gasteiger partial charge in [-0.2, -0.15) is 13.2 Å². The molecule has 6 nitrogen and oxygen atoms in total. The third-order valence-corrected chi connectivity index (χ3v) is 7.50. The summed E-state index contributed by atoms with van der Waals surface area (Å²) >= 11 is 0.940. The Morgan fingerprint density at radius 1 is 1.24 bits per heavy atom. The average Bonchev–Trinajstić information content (AvgIpc) is 3.22. The molecule has 0 aromatic carbocycles. The van der Waals surface area contributed by atoms with Gasteiger partial charge >= 0.3 is 6.18 Å². The van der Waals surface area contributed by atoms with Crippen LogP contribution in [0, 0.1) is 0 Å². The van der Waals surface area contributed by atoms with E-state index in [1.165, 1.54) is 5.38 Å². The van der Waals surface area contributed by atoms with Crippen LogP contribution in [0.2, 0.25) is 0 Å². The van der Waals surface area contributed by atoms with E-state index in [2.05, 4.69) is 28.6 Å². The highest BCUT2D eigenvalue weighted by Crippen LogP contribution is 2.40. The molecular weight excluding hydrogens is 453 g/mol. The van der Waals surface area contributed by atoms with Gasteiger partial charge in [0.2, 0.25) is 0 Å². The largest absolute Gasteiger partial charge is 0.417 e. The molecule has 10 heteroatoms. The number of alkyl halides is 3. The number of hydrogen-bond donors (Lipinski definition) is 0. The van der Waals surface area contributed by atoms with E-state index in [0.717, 1.165) is 56.7 Å². The number of fused-ring (bicyclic) bond motifs is 1. The summed E-state index contributed by atoms with van der Waals surface area (Å²) in [6.45, 7) is 12.1. The summed E-state index contributed by atoms with van der Waals surface area (Å²) in [6, 6.07) is 1.62. The fraction of sp³-hybridized carbons (Fsp3) is 0.652. The molecule has 0 saturated carbocycles. The van der Waals surface area contributed by atoms with Crippen LogP contribution in [0.5, 0.6) is 0 Å². The number of aromatic nitrogens is 1. The third kappa shape index (κ3) is 5.34. The van der Waals surface area contributed by atoms with Gasteiger partial charge in [-0.3, -0.25) is 14.6 Å². The van der Waals surface area contributed by atoms with E-state index in [9.17, 15) is 18.0 Å². The predicted molar refractivity (Wildman–Crippen MR) is 124 cm³/mol. The second-order valence-electron chi connectivity index (χ2n) is 9.00. The number of pyridine rings is 1. The number of rotatable bonds is 6. The maximum atomic E-state index is 13.8. The molecular formula is C23H31F3N4O2S. The number of morpholine rings is 1. The number of carbonyl (C=O) groups excluding carboxylic acids is 1. The fourth-order valence-electron chi connectivity index (χ4n) is 4.53. The highest BCUT2D eigenvalue weighted by Gasteiger charge is 2.36. The second kappa shape index (κ2) is 9.85. The molecule has 1 atom stereocenters. The fourth-order valence-corrected chi connectivity index (χ4v) is 5.57. The van der Waals surface area contributed by atoms with Crippen molar-refractivity contribution in [1.82, 2.24) is 14.8 Å². The van der Waals surface area contributed by atoms with Crippen LogP contribution in [0.1, 0.15) is 43.1 Å². The van der Waals surface area contributed by atoms with Crippen molar-refractivity contribution in [2.45, 2.75) is 45.5 Å². The van der Waals surface area contributed by atoms with Gasteiger partial charge in [0.25, 0.3) is 0 Å². The van der Waals surface area contributed by atoms with Crippen LogP contribution in [-0.2, 0) is 10.9 Å². The molecule has 2 aromatic heterocycles. The molecule has 4 heterocycles. The Labute approximate surface area is 196 Å². The SMILES string of the molecule is CCC(=O)c1csc2c(C(F)(F)F)cc(N3CCN(CC4CN(C(C)C)CCO4)CC3)nc12. The van der Waals surface area contributed by atoms with Crippen LogP contribution in [0.3, 0.4) is 0 Å². The second-order valence-corrected chi connectivity index (χ2v) is 9.88. The van der Waals surface area contributed by atoms with Crippen molar-refractivity contribution in [2.75, 3.05) is 57.3 Å². The summed E-state index contributed by atoms with van der Waals surface area (Å²) in [5, 5.41) is 1.51. The van der Waals surface area contributed by atoms with E-state index in [-0.39, 0.29) is 39.9 Å². The molecule has 2 saturated heterocycles. The Bertz CT molecular complexity index is 986. The lowest BCUT2D eigenvalue weighted by Crippen LogP contribution is -2.53. The van der Waals surface area contributed by atoms with Gasteiger partial charge in [-0.1, -0.05) is 6.92 Å². The first kappa shape index (κ1) is 24.4. The van der Waals surface area contributed by atoms with Gasteiger partial charge in [-0.25, -0.2) is 4.98 Å². The topological polar surface area (TPSA) is 48.9 Å². The molecule has 182 valence electrons. The molecule has 2 aliphatic heterocycles. The monoisotopic (exact) mass is 484 g/mol. The highest BCUT2D eigenvalue weighted by molar-refractivity contribution is 7.17. The molecule has 1 unspecified atom stereocenters. The van der Waals surface area contributed by atoms with Crippen molar-refractivity contribution in [3.8, 4) is 0 Å². The van der Waals surface area contributed by atoms with Crippen LogP contribution in [-0.4, -0.2) is 85.1 Å². The van der Waals surface area contributed by atoms with E-state index < -0.39 is 11.7 Å². The standard InChI is InChI=1S/C23H31F3N4O2S/c1-4-19(31)17-14-33-22-18(23(24,25)26)11-20(27-21(17)22)29-7-5-28(6-8-29)12-16-13-30(15(2)3)9-10-32-16/h11,14-16H,4-10,12-13H2,1-3H3. The molecule has 2 fully saturated rings.